The van der Waals surface area contributed by atoms with E-state index in [9.17, 15) is 14.7 Å². The fraction of sp³-hybridized carbons (Fsp3) is 0.0714. The minimum atomic E-state index is -1.14. The zero-order valence-corrected chi connectivity index (χ0v) is 10.9. The van der Waals surface area contributed by atoms with Gasteiger partial charge in [0.05, 0.1) is 23.3 Å². The fourth-order valence-corrected chi connectivity index (χ4v) is 2.23. The summed E-state index contributed by atoms with van der Waals surface area (Å²) in [5, 5.41) is 9.37. The van der Waals surface area contributed by atoms with Crippen molar-refractivity contribution in [2.75, 3.05) is 5.73 Å². The number of rotatable bonds is 2. The number of fused-ring (bicyclic) bond motifs is 1. The predicted molar refractivity (Wildman–Crippen MR) is 77.4 cm³/mol. The molecule has 0 aliphatic rings. The molecule has 2 heterocycles. The number of carboxylic acid groups (broad SMARTS) is 1. The number of nitrogen functional groups attached to an aromatic ring is 1. The van der Waals surface area contributed by atoms with Crippen LogP contribution in [0.3, 0.4) is 0 Å². The Hall–Kier alpha value is -3.09. The Balaban J connectivity index is 2.16. The molecule has 0 saturated heterocycles. The van der Waals surface area contributed by atoms with Crippen molar-refractivity contribution in [3.05, 3.63) is 58.8 Å². The second-order valence-corrected chi connectivity index (χ2v) is 4.53. The summed E-state index contributed by atoms with van der Waals surface area (Å²) >= 11 is 0. The maximum atomic E-state index is 11.9. The van der Waals surface area contributed by atoms with E-state index < -0.39 is 6.09 Å². The smallest absolute Gasteiger partial charge is 0.417 e. The lowest BCUT2D eigenvalue weighted by molar-refractivity contribution is 0.196. The average Bonchev–Trinajstić information content (AvgIpc) is 2.82. The molecule has 0 aliphatic carbocycles. The van der Waals surface area contributed by atoms with Gasteiger partial charge < -0.3 is 15.4 Å². The van der Waals surface area contributed by atoms with Gasteiger partial charge in [0.15, 0.2) is 0 Å². The molecule has 0 unspecified atom stereocenters. The van der Waals surface area contributed by atoms with E-state index in [1.54, 1.807) is 36.5 Å². The number of aromatic nitrogens is 3. The van der Waals surface area contributed by atoms with Crippen LogP contribution in [0, 0.1) is 0 Å². The van der Waals surface area contributed by atoms with Gasteiger partial charge in [-0.3, -0.25) is 4.79 Å². The van der Waals surface area contributed by atoms with Gasteiger partial charge >= 0.3 is 6.09 Å². The van der Waals surface area contributed by atoms with Crippen molar-refractivity contribution in [3.63, 3.8) is 0 Å². The molecule has 3 N–H and O–H groups in total. The highest BCUT2D eigenvalue weighted by molar-refractivity contribution is 5.86. The van der Waals surface area contributed by atoms with Crippen molar-refractivity contribution >= 4 is 22.8 Å². The van der Waals surface area contributed by atoms with E-state index >= 15 is 0 Å². The zero-order chi connectivity index (χ0) is 15.0. The van der Waals surface area contributed by atoms with Crippen molar-refractivity contribution in [2.45, 2.75) is 6.54 Å². The van der Waals surface area contributed by atoms with E-state index in [-0.39, 0.29) is 23.6 Å². The van der Waals surface area contributed by atoms with E-state index in [4.69, 9.17) is 5.73 Å². The van der Waals surface area contributed by atoms with Crippen molar-refractivity contribution in [1.82, 2.24) is 14.1 Å². The lowest BCUT2D eigenvalue weighted by atomic mass is 10.3. The number of nitrogens with two attached hydrogens (primary N) is 1. The van der Waals surface area contributed by atoms with E-state index in [0.29, 0.717) is 11.0 Å². The summed E-state index contributed by atoms with van der Waals surface area (Å²) in [5.41, 5.74) is 6.35. The third-order valence-electron chi connectivity index (χ3n) is 3.18. The Morgan fingerprint density at radius 1 is 1.24 bits per heavy atom. The molecule has 0 radical (unpaired) electrons. The van der Waals surface area contributed by atoms with Crippen molar-refractivity contribution in [1.29, 1.82) is 0 Å². The quantitative estimate of drug-likeness (QED) is 0.739. The number of para-hydroxylation sites is 2. The summed E-state index contributed by atoms with van der Waals surface area (Å²) in [6, 6.07) is 10.0. The van der Waals surface area contributed by atoms with Crippen LogP contribution in [0.15, 0.2) is 47.4 Å². The van der Waals surface area contributed by atoms with Crippen LogP contribution < -0.4 is 11.3 Å². The summed E-state index contributed by atoms with van der Waals surface area (Å²) in [6.07, 6.45) is 0.403. The van der Waals surface area contributed by atoms with Crippen molar-refractivity contribution in [2.24, 2.45) is 0 Å². The molecular formula is C14H12N4O3. The highest BCUT2D eigenvalue weighted by Crippen LogP contribution is 2.16. The monoisotopic (exact) mass is 284 g/mol. The number of nitrogens with zero attached hydrogens (tertiary/aromatic N) is 3. The molecule has 7 nitrogen and oxygen atoms in total. The lowest BCUT2D eigenvalue weighted by Crippen LogP contribution is -2.25. The first-order chi connectivity index (χ1) is 10.1. The van der Waals surface area contributed by atoms with Crippen LogP contribution in [0.1, 0.15) is 5.82 Å². The third kappa shape index (κ3) is 2.14. The standard InChI is InChI=1S/C14H12N4O3/c15-9-4-3-7-17(13(9)19)8-12-16-10-5-1-2-6-11(10)18(12)14(20)21/h1-7H,8,15H2,(H,20,21). The van der Waals surface area contributed by atoms with Crippen LogP contribution in [-0.2, 0) is 6.54 Å². The Labute approximate surface area is 118 Å². The first-order valence-corrected chi connectivity index (χ1v) is 6.22. The van der Waals surface area contributed by atoms with Crippen LogP contribution in [0.2, 0.25) is 0 Å². The Bertz CT molecular complexity index is 895. The van der Waals surface area contributed by atoms with Gasteiger partial charge in [0.25, 0.3) is 5.56 Å². The normalized spacial score (nSPS) is 10.9. The molecule has 7 heteroatoms. The highest BCUT2D eigenvalue weighted by Gasteiger charge is 2.16. The number of imidazole rings is 1. The minimum Gasteiger partial charge on any atom is -0.464 e. The molecule has 0 aliphatic heterocycles. The Morgan fingerprint density at radius 2 is 2.00 bits per heavy atom. The number of hydrogen-bond acceptors (Lipinski definition) is 4. The van der Waals surface area contributed by atoms with E-state index in [1.807, 2.05) is 0 Å². The van der Waals surface area contributed by atoms with E-state index in [2.05, 4.69) is 4.98 Å². The molecule has 3 aromatic rings. The molecule has 2 aromatic heterocycles. The largest absolute Gasteiger partial charge is 0.464 e. The minimum absolute atomic E-state index is 0.0326. The number of benzene rings is 1. The van der Waals surface area contributed by atoms with Crippen LogP contribution in [0.25, 0.3) is 11.0 Å². The fourth-order valence-electron chi connectivity index (χ4n) is 2.23. The van der Waals surface area contributed by atoms with Crippen LogP contribution >= 0.6 is 0 Å². The summed E-state index contributed by atoms with van der Waals surface area (Å²) in [7, 11) is 0. The maximum Gasteiger partial charge on any atom is 0.417 e. The van der Waals surface area contributed by atoms with Gasteiger partial charge in [0.1, 0.15) is 5.82 Å². The second-order valence-electron chi connectivity index (χ2n) is 4.53. The van der Waals surface area contributed by atoms with Gasteiger partial charge in [-0.1, -0.05) is 12.1 Å². The van der Waals surface area contributed by atoms with Gasteiger partial charge in [-0.2, -0.15) is 0 Å². The van der Waals surface area contributed by atoms with Crippen LogP contribution in [0.5, 0.6) is 0 Å². The maximum absolute atomic E-state index is 11.9. The van der Waals surface area contributed by atoms with Gasteiger partial charge in [-0.15, -0.1) is 0 Å². The van der Waals surface area contributed by atoms with Gasteiger partial charge in [0.2, 0.25) is 0 Å². The summed E-state index contributed by atoms with van der Waals surface area (Å²) < 4.78 is 2.40. The van der Waals surface area contributed by atoms with E-state index in [1.165, 1.54) is 10.6 Å². The van der Waals surface area contributed by atoms with E-state index in [0.717, 1.165) is 4.57 Å². The second kappa shape index (κ2) is 4.78. The molecule has 0 fully saturated rings. The molecule has 0 amide bonds. The van der Waals surface area contributed by atoms with Crippen LogP contribution in [0.4, 0.5) is 10.5 Å². The molecule has 21 heavy (non-hydrogen) atoms. The number of anilines is 1. The summed E-state index contributed by atoms with van der Waals surface area (Å²) in [5.74, 6) is 0.261. The molecule has 0 atom stereocenters. The topological polar surface area (TPSA) is 103 Å². The molecular weight excluding hydrogens is 272 g/mol. The number of pyridine rings is 1. The van der Waals surface area contributed by atoms with Gasteiger partial charge in [0, 0.05) is 6.20 Å². The first kappa shape index (κ1) is 12.9. The average molecular weight is 284 g/mol. The van der Waals surface area contributed by atoms with Crippen LogP contribution in [-0.4, -0.2) is 25.3 Å². The molecule has 0 saturated carbocycles. The van der Waals surface area contributed by atoms with Gasteiger partial charge in [-0.25, -0.2) is 14.3 Å². The number of carbonyl (C=O) groups is 1. The molecule has 3 rings (SSSR count). The zero-order valence-electron chi connectivity index (χ0n) is 10.9. The predicted octanol–water partition coefficient (Wildman–Crippen LogP) is 1.35. The summed E-state index contributed by atoms with van der Waals surface area (Å²) in [6.45, 7) is 0.0326. The molecule has 0 bridgehead atoms. The Kier molecular flexibility index (Phi) is 2.94. The molecule has 106 valence electrons. The van der Waals surface area contributed by atoms with Gasteiger partial charge in [-0.05, 0) is 24.3 Å². The first-order valence-electron chi connectivity index (χ1n) is 6.22. The third-order valence-corrected chi connectivity index (χ3v) is 3.18. The molecule has 0 spiro atoms. The number of hydrogen-bond donors (Lipinski definition) is 2. The lowest BCUT2D eigenvalue weighted by Gasteiger charge is -2.06. The molecule has 1 aromatic carbocycles. The SMILES string of the molecule is Nc1cccn(Cc2nc3ccccc3n2C(=O)O)c1=O. The highest BCUT2D eigenvalue weighted by atomic mass is 16.4. The van der Waals surface area contributed by atoms with Crippen molar-refractivity contribution < 1.29 is 9.90 Å². The van der Waals surface area contributed by atoms with Crippen molar-refractivity contribution in [3.8, 4) is 0 Å². The Morgan fingerprint density at radius 3 is 2.76 bits per heavy atom. The summed E-state index contributed by atoms with van der Waals surface area (Å²) in [4.78, 5) is 27.7.